The second kappa shape index (κ2) is 6.56. The average Bonchev–Trinajstić information content (AvgIpc) is 1.35. The molecule has 0 atom stereocenters. The van der Waals surface area contributed by atoms with Gasteiger partial charge in [0, 0.05) is 0 Å². The Balaban J connectivity index is 0. The van der Waals surface area contributed by atoms with E-state index in [0.717, 1.165) is 5.25 Å². The molecule has 0 aromatic heterocycles. The quantitative estimate of drug-likeness (QED) is 0.541. The molecule has 44 valence electrons. The van der Waals surface area contributed by atoms with E-state index in [1.807, 2.05) is 0 Å². The number of carbonyl (C=O) groups is 1. The summed E-state index contributed by atoms with van der Waals surface area (Å²) in [5, 5.41) is 8.86. The number of hydrogen-bond acceptors (Lipinski definition) is 1. The third kappa shape index (κ3) is 10.8. The number of aliphatic carboxylic acids is 1. The molecule has 0 bridgehead atoms. The molecule has 0 unspecified atom stereocenters. The van der Waals surface area contributed by atoms with Crippen LogP contribution in [0, 0.1) is 0 Å². The van der Waals surface area contributed by atoms with Crippen LogP contribution >= 0.6 is 0 Å². The predicted molar refractivity (Wildman–Crippen MR) is 38.3 cm³/mol. The molecular formula is C3H12Ge2O2. The Morgan fingerprint density at radius 2 is 2.14 bits per heavy atom. The molecule has 0 heterocycles. The Hall–Kier alpha value is 0.556. The van der Waals surface area contributed by atoms with Gasteiger partial charge in [0.1, 0.15) is 0 Å². The van der Waals surface area contributed by atoms with E-state index in [2.05, 4.69) is 0 Å². The molecule has 0 rings (SSSR count). The summed E-state index contributed by atoms with van der Waals surface area (Å²) in [7, 11) is 0. The van der Waals surface area contributed by atoms with Crippen molar-refractivity contribution in [2.45, 2.75) is 11.7 Å². The summed E-state index contributed by atoms with van der Waals surface area (Å²) in [6.07, 6.45) is 0.375. The van der Waals surface area contributed by atoms with Crippen molar-refractivity contribution in [2.75, 3.05) is 0 Å². The predicted octanol–water partition coefficient (Wildman–Crippen LogP) is -2.21. The van der Waals surface area contributed by atoms with Gasteiger partial charge in [-0.2, -0.15) is 0 Å². The zero-order valence-corrected chi connectivity index (χ0v) is 7.97. The Kier molecular flexibility index (Phi) is 9.85. The van der Waals surface area contributed by atoms with Crippen LogP contribution in [-0.2, 0) is 4.79 Å². The van der Waals surface area contributed by atoms with Crippen LogP contribution in [0.4, 0.5) is 0 Å². The molecule has 0 spiro atoms. The van der Waals surface area contributed by atoms with Crippen LogP contribution in [0.5, 0.6) is 0 Å². The molecule has 2 nitrogen and oxygen atoms in total. The minimum atomic E-state index is -0.664. The van der Waals surface area contributed by atoms with Gasteiger partial charge in [-0.15, -0.1) is 0 Å². The molecular weight excluding hydrogens is 213 g/mol. The molecule has 0 aromatic carbocycles. The van der Waals surface area contributed by atoms with Crippen LogP contribution in [0.3, 0.4) is 0 Å². The first-order valence-corrected chi connectivity index (χ1v) is 4.96. The maximum atomic E-state index is 9.63. The van der Waals surface area contributed by atoms with Gasteiger partial charge in [0.25, 0.3) is 0 Å². The van der Waals surface area contributed by atoms with Crippen molar-refractivity contribution in [1.29, 1.82) is 0 Å². The van der Waals surface area contributed by atoms with Crippen molar-refractivity contribution >= 4 is 40.1 Å². The molecule has 0 aliphatic carbocycles. The SMILES string of the molecule is O=C(O)C[CH2][GeH3].[GeH4]. The van der Waals surface area contributed by atoms with Gasteiger partial charge in [-0.25, -0.2) is 0 Å². The fraction of sp³-hybridized carbons (Fsp3) is 0.667. The number of hydrogen-bond donors (Lipinski definition) is 1. The van der Waals surface area contributed by atoms with Gasteiger partial charge in [0.05, 0.1) is 0 Å². The monoisotopic (exact) mass is 228 g/mol. The van der Waals surface area contributed by atoms with E-state index in [0.29, 0.717) is 22.9 Å². The molecule has 0 amide bonds. The fourth-order valence-electron chi connectivity index (χ4n) is 0.214. The summed E-state index contributed by atoms with van der Waals surface area (Å²) in [4.78, 5) is 9.63. The van der Waals surface area contributed by atoms with Crippen molar-refractivity contribution in [2.24, 2.45) is 0 Å². The number of carboxylic acids is 1. The van der Waals surface area contributed by atoms with E-state index in [9.17, 15) is 4.79 Å². The normalized spacial score (nSPS) is 7.43. The van der Waals surface area contributed by atoms with Gasteiger partial charge in [-0.3, -0.25) is 0 Å². The van der Waals surface area contributed by atoms with Gasteiger partial charge in [-0.1, -0.05) is 0 Å². The molecule has 0 saturated carbocycles. The third-order valence-corrected chi connectivity index (χ3v) is 1.51. The Morgan fingerprint density at radius 3 is 2.14 bits per heavy atom. The van der Waals surface area contributed by atoms with Gasteiger partial charge in [-0.05, 0) is 0 Å². The van der Waals surface area contributed by atoms with E-state index >= 15 is 0 Å². The standard InChI is InChI=1S/C3H8GeO2.GeH4/c4-2-1-3(5)6;/h1-2H2,4H3,(H,5,6);1H4. The molecule has 0 aliphatic heterocycles. The van der Waals surface area contributed by atoms with Crippen LogP contribution in [0.25, 0.3) is 0 Å². The molecule has 1 N–H and O–H groups in total. The second-order valence-corrected chi connectivity index (χ2v) is 3.24. The van der Waals surface area contributed by atoms with E-state index in [1.54, 1.807) is 0 Å². The molecule has 0 saturated heterocycles. The topological polar surface area (TPSA) is 37.3 Å². The molecule has 4 heteroatoms. The molecule has 0 aliphatic rings. The fourth-order valence-corrected chi connectivity index (χ4v) is 1.11. The Bertz CT molecular complexity index is 54.9. The molecule has 0 aromatic rings. The number of carboxylic acid groups (broad SMARTS) is 1. The van der Waals surface area contributed by atoms with Gasteiger partial charge in [0.2, 0.25) is 0 Å². The Labute approximate surface area is 61.9 Å². The first-order chi connectivity index (χ1) is 2.77. The second-order valence-electron chi connectivity index (χ2n) is 1.14. The van der Waals surface area contributed by atoms with Crippen molar-refractivity contribution in [3.05, 3.63) is 0 Å². The van der Waals surface area contributed by atoms with E-state index in [4.69, 9.17) is 5.11 Å². The van der Waals surface area contributed by atoms with E-state index in [1.165, 1.54) is 0 Å². The third-order valence-electron chi connectivity index (χ3n) is 0.464. The number of rotatable bonds is 2. The minimum absolute atomic E-state index is 0. The Morgan fingerprint density at radius 1 is 1.71 bits per heavy atom. The first kappa shape index (κ1) is 10.5. The van der Waals surface area contributed by atoms with Crippen LogP contribution in [0.15, 0.2) is 0 Å². The molecule has 7 heavy (non-hydrogen) atoms. The van der Waals surface area contributed by atoms with Crippen LogP contribution in [-0.4, -0.2) is 45.2 Å². The summed E-state index contributed by atoms with van der Waals surface area (Å²) >= 11 is 0.714. The van der Waals surface area contributed by atoms with Crippen molar-refractivity contribution in [3.8, 4) is 0 Å². The van der Waals surface area contributed by atoms with Crippen molar-refractivity contribution in [1.82, 2.24) is 0 Å². The van der Waals surface area contributed by atoms with Crippen molar-refractivity contribution < 1.29 is 9.90 Å². The summed E-state index contributed by atoms with van der Waals surface area (Å²) in [5.74, 6) is -0.664. The zero-order valence-electron chi connectivity index (χ0n) is 3.77. The first-order valence-electron chi connectivity index (χ1n) is 1.99. The van der Waals surface area contributed by atoms with Gasteiger partial charge in [0.15, 0.2) is 0 Å². The van der Waals surface area contributed by atoms with Crippen LogP contribution in [0.1, 0.15) is 6.42 Å². The van der Waals surface area contributed by atoms with Gasteiger partial charge < -0.3 is 0 Å². The summed E-state index contributed by atoms with van der Waals surface area (Å²) < 4.78 is 0. The van der Waals surface area contributed by atoms with E-state index in [-0.39, 0.29) is 17.6 Å². The van der Waals surface area contributed by atoms with Crippen LogP contribution in [0.2, 0.25) is 5.25 Å². The summed E-state index contributed by atoms with van der Waals surface area (Å²) in [6, 6.07) is 0. The van der Waals surface area contributed by atoms with Crippen molar-refractivity contribution in [3.63, 3.8) is 0 Å². The summed E-state index contributed by atoms with van der Waals surface area (Å²) in [6.45, 7) is 0. The summed E-state index contributed by atoms with van der Waals surface area (Å²) in [5.41, 5.74) is 0. The van der Waals surface area contributed by atoms with E-state index < -0.39 is 5.97 Å². The van der Waals surface area contributed by atoms with Gasteiger partial charge >= 0.3 is 61.7 Å². The van der Waals surface area contributed by atoms with Crippen LogP contribution < -0.4 is 0 Å². The average molecular weight is 225 g/mol. The molecule has 0 fully saturated rings. The zero-order chi connectivity index (χ0) is 4.99. The maximum absolute atomic E-state index is 9.63. The molecule has 0 radical (unpaired) electrons.